The lowest BCUT2D eigenvalue weighted by molar-refractivity contribution is 0.483. The average Bonchev–Trinajstić information content (AvgIpc) is 2.09. The number of rotatable bonds is 2. The van der Waals surface area contributed by atoms with E-state index in [0.717, 1.165) is 0 Å². The molecule has 0 saturated heterocycles. The molecule has 0 amide bonds. The van der Waals surface area contributed by atoms with E-state index in [1.54, 1.807) is 0 Å². The molecule has 1 aromatic rings. The molecule has 1 N–H and O–H groups in total. The molecule has 0 bridgehead atoms. The fourth-order valence-corrected chi connectivity index (χ4v) is 3.90. The van der Waals surface area contributed by atoms with Gasteiger partial charge in [0.15, 0.2) is 0 Å². The van der Waals surface area contributed by atoms with Crippen LogP contribution in [0.1, 0.15) is 0 Å². The summed E-state index contributed by atoms with van der Waals surface area (Å²) in [6.45, 7) is 0. The summed E-state index contributed by atoms with van der Waals surface area (Å²) in [5.41, 5.74) is 0.554. The van der Waals surface area contributed by atoms with Crippen molar-refractivity contribution in [3.05, 3.63) is 19.3 Å². The Labute approximate surface area is 119 Å². The maximum atomic E-state index is 10.9. The minimum absolute atomic E-state index is 0.153. The Bertz CT molecular complexity index is 526. The molecular formula is C7H3I2NO3S2. The van der Waals surface area contributed by atoms with Crippen molar-refractivity contribution in [1.29, 1.82) is 0 Å². The highest BCUT2D eigenvalue weighted by Crippen LogP contribution is 2.30. The molecule has 8 heteroatoms. The molecule has 0 fully saturated rings. The predicted molar refractivity (Wildman–Crippen MR) is 76.4 cm³/mol. The lowest BCUT2D eigenvalue weighted by Crippen LogP contribution is -1.99. The van der Waals surface area contributed by atoms with Gasteiger partial charge in [-0.2, -0.15) is 13.4 Å². The molecule has 0 aromatic heterocycles. The quantitative estimate of drug-likeness (QED) is 0.315. The van der Waals surface area contributed by atoms with Crippen molar-refractivity contribution in [2.24, 2.45) is 4.99 Å². The van der Waals surface area contributed by atoms with Crippen molar-refractivity contribution in [3.63, 3.8) is 0 Å². The van der Waals surface area contributed by atoms with E-state index in [0.29, 0.717) is 12.8 Å². The lowest BCUT2D eigenvalue weighted by Gasteiger charge is -2.03. The van der Waals surface area contributed by atoms with Gasteiger partial charge in [0.2, 0.25) is 0 Å². The van der Waals surface area contributed by atoms with E-state index in [-0.39, 0.29) is 4.90 Å². The second kappa shape index (κ2) is 5.15. The monoisotopic (exact) mass is 467 g/mol. The summed E-state index contributed by atoms with van der Waals surface area (Å²) < 4.78 is 31.8. The molecule has 0 saturated carbocycles. The van der Waals surface area contributed by atoms with E-state index >= 15 is 0 Å². The van der Waals surface area contributed by atoms with Crippen LogP contribution in [-0.4, -0.2) is 18.1 Å². The number of nitrogens with zero attached hydrogens (tertiary/aromatic N) is 1. The Morgan fingerprint density at radius 3 is 2.13 bits per heavy atom. The van der Waals surface area contributed by atoms with Crippen molar-refractivity contribution >= 4 is 78.4 Å². The van der Waals surface area contributed by atoms with Gasteiger partial charge in [-0.25, -0.2) is 0 Å². The topological polar surface area (TPSA) is 66.7 Å². The van der Waals surface area contributed by atoms with Crippen LogP contribution in [0.5, 0.6) is 0 Å². The van der Waals surface area contributed by atoms with Gasteiger partial charge >= 0.3 is 0 Å². The van der Waals surface area contributed by atoms with Crippen molar-refractivity contribution < 1.29 is 13.0 Å². The van der Waals surface area contributed by atoms with Gasteiger partial charge in [-0.05, 0) is 69.5 Å². The summed E-state index contributed by atoms with van der Waals surface area (Å²) >= 11 is 8.30. The molecule has 0 atom stereocenters. The Kier molecular flexibility index (Phi) is 4.62. The highest BCUT2D eigenvalue weighted by molar-refractivity contribution is 14.1. The van der Waals surface area contributed by atoms with E-state index in [1.165, 1.54) is 12.1 Å². The van der Waals surface area contributed by atoms with E-state index in [1.807, 2.05) is 45.2 Å². The van der Waals surface area contributed by atoms with Gasteiger partial charge in [-0.15, -0.1) is 0 Å². The maximum absolute atomic E-state index is 10.9. The number of aliphatic imine (C=N–C) groups is 1. The third kappa shape index (κ3) is 3.43. The van der Waals surface area contributed by atoms with E-state index < -0.39 is 10.1 Å². The summed E-state index contributed by atoms with van der Waals surface area (Å²) in [5, 5.41) is 2.21. The molecule has 15 heavy (non-hydrogen) atoms. The molecule has 0 aliphatic rings. The minimum Gasteiger partial charge on any atom is -0.282 e. The van der Waals surface area contributed by atoms with Gasteiger partial charge in [0.1, 0.15) is 5.69 Å². The Hall–Kier alpha value is 0.390. The van der Waals surface area contributed by atoms with Crippen molar-refractivity contribution in [2.75, 3.05) is 0 Å². The summed E-state index contributed by atoms with van der Waals surface area (Å²) in [7, 11) is -4.18. The van der Waals surface area contributed by atoms with Crippen molar-refractivity contribution in [2.45, 2.75) is 4.90 Å². The van der Waals surface area contributed by atoms with E-state index in [4.69, 9.17) is 4.55 Å². The fraction of sp³-hybridized carbons (Fsp3) is 0. The number of benzene rings is 1. The summed E-state index contributed by atoms with van der Waals surface area (Å²) in [5.74, 6) is 0. The van der Waals surface area contributed by atoms with E-state index in [9.17, 15) is 8.42 Å². The second-order valence-corrected chi connectivity index (χ2v) is 6.34. The van der Waals surface area contributed by atoms with Crippen LogP contribution in [0.2, 0.25) is 0 Å². The molecule has 0 heterocycles. The summed E-state index contributed by atoms with van der Waals surface area (Å²) in [6, 6.07) is 2.65. The number of isothiocyanates is 1. The van der Waals surface area contributed by atoms with Crippen LogP contribution in [0, 0.1) is 7.14 Å². The van der Waals surface area contributed by atoms with E-state index in [2.05, 4.69) is 22.4 Å². The molecule has 0 spiro atoms. The molecule has 0 aliphatic carbocycles. The standard InChI is InChI=1S/C7H3I2NO3S2/c8-5-1-4(15(11,12)13)2-6(9)7(5)10-3-14/h1-2H,(H,11,12,13). The number of hydrogen-bond acceptors (Lipinski definition) is 4. The normalized spacial score (nSPS) is 10.9. The van der Waals surface area contributed by atoms with Crippen molar-refractivity contribution in [1.82, 2.24) is 0 Å². The molecular weight excluding hydrogens is 464 g/mol. The first-order valence-electron chi connectivity index (χ1n) is 3.40. The Balaban J connectivity index is 3.52. The second-order valence-electron chi connectivity index (χ2n) is 2.41. The Morgan fingerprint density at radius 1 is 1.33 bits per heavy atom. The molecule has 1 rings (SSSR count). The van der Waals surface area contributed by atoms with Gasteiger partial charge in [-0.1, -0.05) is 0 Å². The zero-order valence-electron chi connectivity index (χ0n) is 6.94. The number of hydrogen-bond donors (Lipinski definition) is 1. The lowest BCUT2D eigenvalue weighted by atomic mass is 10.3. The van der Waals surface area contributed by atoms with Gasteiger partial charge in [0, 0.05) is 7.14 Å². The number of halogens is 2. The molecule has 0 aliphatic heterocycles. The highest BCUT2D eigenvalue weighted by Gasteiger charge is 2.14. The zero-order chi connectivity index (χ0) is 11.6. The fourth-order valence-electron chi connectivity index (χ4n) is 0.844. The van der Waals surface area contributed by atoms with Gasteiger partial charge in [0.05, 0.1) is 10.1 Å². The third-order valence-corrected chi connectivity index (χ3v) is 4.01. The van der Waals surface area contributed by atoms with Crippen LogP contribution in [0.15, 0.2) is 22.0 Å². The third-order valence-electron chi connectivity index (χ3n) is 1.45. The smallest absolute Gasteiger partial charge is 0.282 e. The summed E-state index contributed by atoms with van der Waals surface area (Å²) in [6.07, 6.45) is 0. The first-order chi connectivity index (χ1) is 6.86. The largest absolute Gasteiger partial charge is 0.294 e. The van der Waals surface area contributed by atoms with Crippen LogP contribution in [-0.2, 0) is 10.1 Å². The van der Waals surface area contributed by atoms with Crippen LogP contribution in [0.25, 0.3) is 0 Å². The molecule has 0 radical (unpaired) electrons. The predicted octanol–water partition coefficient (Wildman–Crippen LogP) is 2.88. The van der Waals surface area contributed by atoms with Crippen molar-refractivity contribution in [3.8, 4) is 0 Å². The van der Waals surface area contributed by atoms with Crippen LogP contribution in [0.4, 0.5) is 5.69 Å². The SMILES string of the molecule is O=S(=O)(O)c1cc(I)c(N=C=S)c(I)c1. The van der Waals surface area contributed by atoms with Gasteiger partial charge in [0.25, 0.3) is 10.1 Å². The molecule has 4 nitrogen and oxygen atoms in total. The first-order valence-corrected chi connectivity index (χ1v) is 7.41. The first kappa shape index (κ1) is 13.5. The highest BCUT2D eigenvalue weighted by atomic mass is 127. The number of thiocarbonyl (C=S) groups is 1. The van der Waals surface area contributed by atoms with Crippen LogP contribution < -0.4 is 0 Å². The molecule has 80 valence electrons. The molecule has 1 aromatic carbocycles. The zero-order valence-corrected chi connectivity index (χ0v) is 12.9. The average molecular weight is 467 g/mol. The summed E-state index contributed by atoms with van der Waals surface area (Å²) in [4.78, 5) is 3.65. The van der Waals surface area contributed by atoms with Gasteiger partial charge < -0.3 is 0 Å². The van der Waals surface area contributed by atoms with Gasteiger partial charge in [-0.3, -0.25) is 4.55 Å². The Morgan fingerprint density at radius 2 is 1.80 bits per heavy atom. The molecule has 0 unspecified atom stereocenters. The van der Waals surface area contributed by atoms with Crippen LogP contribution >= 0.6 is 57.4 Å². The van der Waals surface area contributed by atoms with Crippen LogP contribution in [0.3, 0.4) is 0 Å². The maximum Gasteiger partial charge on any atom is 0.294 e. The minimum atomic E-state index is -4.18.